The van der Waals surface area contributed by atoms with E-state index in [1.165, 1.54) is 5.56 Å². The number of carboxylic acids is 1. The first kappa shape index (κ1) is 22.5. The average Bonchev–Trinajstić information content (AvgIpc) is 2.85. The smallest absolute Gasteiger partial charge is 0.327 e. The van der Waals surface area contributed by atoms with Crippen LogP contribution in [0, 0.1) is 5.92 Å². The second-order valence-corrected chi connectivity index (χ2v) is 9.39. The first-order valence-corrected chi connectivity index (χ1v) is 12.0. The number of aromatic nitrogens is 2. The van der Waals surface area contributed by atoms with Crippen LogP contribution in [0.5, 0.6) is 0 Å². The van der Waals surface area contributed by atoms with Crippen LogP contribution >= 0.6 is 0 Å². The van der Waals surface area contributed by atoms with Gasteiger partial charge in [0, 0.05) is 31.1 Å². The molecule has 0 radical (unpaired) electrons. The first-order valence-electron chi connectivity index (χ1n) is 12.0. The number of carboxylic acid groups (broad SMARTS) is 1. The maximum Gasteiger partial charge on any atom is 0.327 e. The number of anilines is 1. The highest BCUT2D eigenvalue weighted by Crippen LogP contribution is 2.30. The normalized spacial score (nSPS) is 20.4. The summed E-state index contributed by atoms with van der Waals surface area (Å²) >= 11 is 0. The first-order chi connectivity index (χ1) is 16.5. The van der Waals surface area contributed by atoms with Crippen LogP contribution in [0.2, 0.25) is 0 Å². The van der Waals surface area contributed by atoms with E-state index in [0.29, 0.717) is 24.6 Å². The van der Waals surface area contributed by atoms with Crippen LogP contribution in [0.1, 0.15) is 36.1 Å². The van der Waals surface area contributed by atoms with E-state index in [1.54, 1.807) is 24.5 Å². The van der Waals surface area contributed by atoms with Crippen molar-refractivity contribution in [3.8, 4) is 0 Å². The molecule has 9 nitrogen and oxygen atoms in total. The highest BCUT2D eigenvalue weighted by molar-refractivity contribution is 6.22. The number of rotatable bonds is 7. The van der Waals surface area contributed by atoms with Gasteiger partial charge in [-0.2, -0.15) is 0 Å². The number of nitrogens with zero attached hydrogens (tertiary/aromatic N) is 4. The summed E-state index contributed by atoms with van der Waals surface area (Å²) in [7, 11) is 0. The third-order valence-corrected chi connectivity index (χ3v) is 7.16. The molecule has 5 rings (SSSR count). The Balaban J connectivity index is 1.17. The number of hydrogen-bond donors (Lipinski definition) is 2. The molecule has 34 heavy (non-hydrogen) atoms. The minimum Gasteiger partial charge on any atom is -0.480 e. The second-order valence-electron chi connectivity index (χ2n) is 9.39. The molecule has 2 fully saturated rings. The predicted molar refractivity (Wildman–Crippen MR) is 124 cm³/mol. The summed E-state index contributed by atoms with van der Waals surface area (Å²) in [5.41, 5.74) is 3.03. The minimum absolute atomic E-state index is 0.0537. The van der Waals surface area contributed by atoms with Crippen molar-refractivity contribution in [3.63, 3.8) is 0 Å². The zero-order chi connectivity index (χ0) is 23.7. The van der Waals surface area contributed by atoms with Gasteiger partial charge in [-0.25, -0.2) is 9.78 Å². The van der Waals surface area contributed by atoms with Crippen molar-refractivity contribution >= 4 is 23.6 Å². The van der Waals surface area contributed by atoms with Crippen LogP contribution < -0.4 is 5.32 Å². The largest absolute Gasteiger partial charge is 0.480 e. The van der Waals surface area contributed by atoms with Gasteiger partial charge in [0.25, 0.3) is 11.8 Å². The Kier molecular flexibility index (Phi) is 6.28. The summed E-state index contributed by atoms with van der Waals surface area (Å²) in [6.07, 6.45) is 8.05. The SMILES string of the molecule is O=C(O)C(Cc1cccnc1)N1C(=O)C(N2CCC(Cc3ccc4c(n3)NCCC4)CC2)C1=O. The number of pyridine rings is 2. The molecule has 2 aromatic heterocycles. The third kappa shape index (κ3) is 4.40. The van der Waals surface area contributed by atoms with E-state index in [2.05, 4.69) is 22.4 Å². The molecule has 0 spiro atoms. The molecule has 2 aromatic rings. The highest BCUT2D eigenvalue weighted by atomic mass is 16.4. The number of aryl methyl sites for hydroxylation is 1. The number of hydrogen-bond acceptors (Lipinski definition) is 7. The summed E-state index contributed by atoms with van der Waals surface area (Å²) in [5.74, 6) is -0.561. The number of likely N-dealkylation sites (tertiary alicyclic amines) is 2. The van der Waals surface area contributed by atoms with Gasteiger partial charge >= 0.3 is 5.97 Å². The molecule has 3 aliphatic rings. The van der Waals surface area contributed by atoms with Gasteiger partial charge in [0.15, 0.2) is 6.04 Å². The average molecular weight is 464 g/mol. The molecule has 2 N–H and O–H groups in total. The summed E-state index contributed by atoms with van der Waals surface area (Å²) in [6.45, 7) is 2.25. The van der Waals surface area contributed by atoms with E-state index in [0.717, 1.165) is 55.1 Å². The number of amides is 2. The lowest BCUT2D eigenvalue weighted by Crippen LogP contribution is -2.72. The molecule has 2 saturated heterocycles. The van der Waals surface area contributed by atoms with Crippen LogP contribution in [0.15, 0.2) is 36.7 Å². The van der Waals surface area contributed by atoms with Gasteiger partial charge in [0.05, 0.1) is 0 Å². The van der Waals surface area contributed by atoms with Gasteiger partial charge in [-0.1, -0.05) is 12.1 Å². The molecular formula is C25H29N5O4. The second kappa shape index (κ2) is 9.50. The van der Waals surface area contributed by atoms with Gasteiger partial charge < -0.3 is 10.4 Å². The lowest BCUT2D eigenvalue weighted by atomic mass is 9.89. The van der Waals surface area contributed by atoms with E-state index in [4.69, 9.17) is 4.98 Å². The van der Waals surface area contributed by atoms with Crippen molar-refractivity contribution in [3.05, 3.63) is 53.5 Å². The van der Waals surface area contributed by atoms with Crippen molar-refractivity contribution < 1.29 is 19.5 Å². The van der Waals surface area contributed by atoms with E-state index in [-0.39, 0.29) is 6.42 Å². The summed E-state index contributed by atoms with van der Waals surface area (Å²) in [6, 6.07) is 5.67. The van der Waals surface area contributed by atoms with E-state index in [9.17, 15) is 19.5 Å². The Morgan fingerprint density at radius 3 is 2.68 bits per heavy atom. The van der Waals surface area contributed by atoms with Crippen LogP contribution in [-0.2, 0) is 33.6 Å². The van der Waals surface area contributed by atoms with Crippen molar-refractivity contribution in [2.45, 2.75) is 50.6 Å². The van der Waals surface area contributed by atoms with Crippen LogP contribution in [0.3, 0.4) is 0 Å². The highest BCUT2D eigenvalue weighted by Gasteiger charge is 2.54. The topological polar surface area (TPSA) is 116 Å². The number of nitrogens with one attached hydrogen (secondary N) is 1. The molecule has 5 heterocycles. The molecule has 0 saturated carbocycles. The Morgan fingerprint density at radius 2 is 1.97 bits per heavy atom. The van der Waals surface area contributed by atoms with Gasteiger partial charge in [-0.05, 0) is 74.4 Å². The van der Waals surface area contributed by atoms with Gasteiger partial charge in [-0.3, -0.25) is 24.4 Å². The van der Waals surface area contributed by atoms with E-state index < -0.39 is 29.9 Å². The fourth-order valence-corrected chi connectivity index (χ4v) is 5.26. The minimum atomic E-state index is -1.21. The number of imide groups is 1. The summed E-state index contributed by atoms with van der Waals surface area (Å²) in [4.78, 5) is 49.2. The predicted octanol–water partition coefficient (Wildman–Crippen LogP) is 1.52. The Hall–Kier alpha value is -3.33. The van der Waals surface area contributed by atoms with Crippen LogP contribution in [0.4, 0.5) is 5.82 Å². The number of piperidine rings is 1. The van der Waals surface area contributed by atoms with E-state index >= 15 is 0 Å². The maximum absolute atomic E-state index is 12.9. The van der Waals surface area contributed by atoms with Crippen molar-refractivity contribution in [1.82, 2.24) is 19.8 Å². The quantitative estimate of drug-likeness (QED) is 0.469. The lowest BCUT2D eigenvalue weighted by Gasteiger charge is -2.46. The molecule has 0 bridgehead atoms. The zero-order valence-electron chi connectivity index (χ0n) is 19.0. The van der Waals surface area contributed by atoms with Crippen molar-refractivity contribution in [2.75, 3.05) is 25.0 Å². The Bertz CT molecular complexity index is 1070. The molecule has 178 valence electrons. The Labute approximate surface area is 198 Å². The maximum atomic E-state index is 12.9. The Morgan fingerprint density at radius 1 is 1.18 bits per heavy atom. The fraction of sp³-hybridized carbons (Fsp3) is 0.480. The van der Waals surface area contributed by atoms with Crippen LogP contribution in [-0.4, -0.2) is 74.4 Å². The molecule has 0 aromatic carbocycles. The molecular weight excluding hydrogens is 434 g/mol. The standard InChI is InChI=1S/C25H29N5O4/c31-23-21(24(32)30(23)20(25(33)34)14-17-3-1-9-26-15-17)29-11-7-16(8-12-29)13-19-6-5-18-4-2-10-27-22(18)28-19/h1,3,5-6,9,15-16,20-21H,2,4,7-8,10-14H2,(H,27,28)(H,33,34). The number of aliphatic carboxylic acids is 1. The molecule has 2 amide bonds. The number of fused-ring (bicyclic) bond motifs is 1. The molecule has 9 heteroatoms. The molecule has 1 atom stereocenters. The fourth-order valence-electron chi connectivity index (χ4n) is 5.26. The zero-order valence-corrected chi connectivity index (χ0v) is 19.0. The van der Waals surface area contributed by atoms with Crippen molar-refractivity contribution in [1.29, 1.82) is 0 Å². The van der Waals surface area contributed by atoms with Crippen molar-refractivity contribution in [2.24, 2.45) is 5.92 Å². The van der Waals surface area contributed by atoms with Crippen LogP contribution in [0.25, 0.3) is 0 Å². The van der Waals surface area contributed by atoms with Gasteiger partial charge in [-0.15, -0.1) is 0 Å². The number of carbonyl (C=O) groups excluding carboxylic acids is 2. The molecule has 3 aliphatic heterocycles. The lowest BCUT2D eigenvalue weighted by molar-refractivity contribution is -0.177. The van der Waals surface area contributed by atoms with Gasteiger partial charge in [0.2, 0.25) is 0 Å². The number of carbonyl (C=O) groups is 3. The van der Waals surface area contributed by atoms with E-state index in [1.807, 2.05) is 4.90 Å². The summed E-state index contributed by atoms with van der Waals surface area (Å²) in [5, 5.41) is 13.0. The molecule has 0 aliphatic carbocycles. The van der Waals surface area contributed by atoms with Gasteiger partial charge in [0.1, 0.15) is 11.9 Å². The third-order valence-electron chi connectivity index (χ3n) is 7.16. The number of β-lactam (4-membered cyclic amide) rings is 2. The summed E-state index contributed by atoms with van der Waals surface area (Å²) < 4.78 is 0. The molecule has 1 unspecified atom stereocenters. The monoisotopic (exact) mass is 463 g/mol.